The maximum absolute atomic E-state index is 5.81. The SMILES string of the molecule is CCc1cccc(CC)c1-c1ccc(OCCCCCCl)cc1. The van der Waals surface area contributed by atoms with Crippen LogP contribution in [0.15, 0.2) is 42.5 Å². The zero-order valence-corrected chi connectivity index (χ0v) is 15.0. The van der Waals surface area contributed by atoms with Crippen LogP contribution < -0.4 is 4.74 Å². The normalized spacial score (nSPS) is 10.7. The molecule has 0 spiro atoms. The Hall–Kier alpha value is -1.47. The number of alkyl halides is 1. The third kappa shape index (κ3) is 5.00. The summed E-state index contributed by atoms with van der Waals surface area (Å²) in [5.74, 6) is 1.69. The molecule has 0 aliphatic rings. The zero-order chi connectivity index (χ0) is 16.5. The summed E-state index contributed by atoms with van der Waals surface area (Å²) < 4.78 is 5.81. The number of ether oxygens (including phenoxy) is 1. The van der Waals surface area contributed by atoms with Crippen LogP contribution in [0.4, 0.5) is 0 Å². The van der Waals surface area contributed by atoms with Gasteiger partial charge in [0.05, 0.1) is 6.61 Å². The summed E-state index contributed by atoms with van der Waals surface area (Å²) in [5.41, 5.74) is 5.51. The van der Waals surface area contributed by atoms with Gasteiger partial charge in [-0.15, -0.1) is 11.6 Å². The van der Waals surface area contributed by atoms with Gasteiger partial charge in [-0.3, -0.25) is 0 Å². The second-order valence-corrected chi connectivity index (χ2v) is 6.16. The fourth-order valence-corrected chi connectivity index (χ4v) is 3.08. The summed E-state index contributed by atoms with van der Waals surface area (Å²) in [4.78, 5) is 0. The Morgan fingerprint density at radius 2 is 1.48 bits per heavy atom. The Morgan fingerprint density at radius 3 is 2.04 bits per heavy atom. The molecule has 0 unspecified atom stereocenters. The van der Waals surface area contributed by atoms with E-state index in [2.05, 4.69) is 56.3 Å². The van der Waals surface area contributed by atoms with E-state index in [0.717, 1.165) is 50.3 Å². The Labute approximate surface area is 145 Å². The second kappa shape index (κ2) is 9.62. The van der Waals surface area contributed by atoms with Gasteiger partial charge < -0.3 is 4.74 Å². The topological polar surface area (TPSA) is 9.23 Å². The third-order valence-corrected chi connectivity index (χ3v) is 4.46. The van der Waals surface area contributed by atoms with E-state index in [-0.39, 0.29) is 0 Å². The van der Waals surface area contributed by atoms with E-state index >= 15 is 0 Å². The van der Waals surface area contributed by atoms with E-state index in [0.29, 0.717) is 0 Å². The molecule has 0 amide bonds. The fraction of sp³-hybridized carbons (Fsp3) is 0.429. The van der Waals surface area contributed by atoms with Crippen molar-refractivity contribution in [1.29, 1.82) is 0 Å². The van der Waals surface area contributed by atoms with E-state index in [1.54, 1.807) is 0 Å². The van der Waals surface area contributed by atoms with Crippen LogP contribution >= 0.6 is 11.6 Å². The lowest BCUT2D eigenvalue weighted by Gasteiger charge is -2.14. The van der Waals surface area contributed by atoms with Crippen LogP contribution in [0.2, 0.25) is 0 Å². The summed E-state index contributed by atoms with van der Waals surface area (Å²) in [6.45, 7) is 5.20. The van der Waals surface area contributed by atoms with Crippen LogP contribution in [0.1, 0.15) is 44.2 Å². The Kier molecular flexibility index (Phi) is 7.48. The molecule has 0 fully saturated rings. The summed E-state index contributed by atoms with van der Waals surface area (Å²) in [7, 11) is 0. The van der Waals surface area contributed by atoms with Gasteiger partial charge in [0.15, 0.2) is 0 Å². The molecule has 0 heterocycles. The first kappa shape index (κ1) is 17.9. The first-order valence-corrected chi connectivity index (χ1v) is 9.23. The number of unbranched alkanes of at least 4 members (excludes halogenated alkanes) is 2. The highest BCUT2D eigenvalue weighted by Crippen LogP contribution is 2.30. The Morgan fingerprint density at radius 1 is 0.826 bits per heavy atom. The molecule has 2 aromatic carbocycles. The van der Waals surface area contributed by atoms with Gasteiger partial charge in [0, 0.05) is 5.88 Å². The summed E-state index contributed by atoms with van der Waals surface area (Å²) in [6.07, 6.45) is 5.37. The molecule has 1 nitrogen and oxygen atoms in total. The molecule has 2 rings (SSSR count). The Bertz CT molecular complexity index is 567. The Balaban J connectivity index is 2.08. The monoisotopic (exact) mass is 330 g/mol. The predicted octanol–water partition coefficient (Wildman–Crippen LogP) is 6.27. The van der Waals surface area contributed by atoms with Crippen molar-refractivity contribution in [1.82, 2.24) is 0 Å². The highest BCUT2D eigenvalue weighted by atomic mass is 35.5. The molecular formula is C21H27ClO. The van der Waals surface area contributed by atoms with Gasteiger partial charge in [-0.2, -0.15) is 0 Å². The van der Waals surface area contributed by atoms with Crippen LogP contribution in [0, 0.1) is 0 Å². The van der Waals surface area contributed by atoms with Gasteiger partial charge in [0.1, 0.15) is 5.75 Å². The molecule has 0 bridgehead atoms. The molecule has 0 saturated carbocycles. The average molecular weight is 331 g/mol. The molecule has 0 atom stereocenters. The first-order valence-electron chi connectivity index (χ1n) is 8.70. The van der Waals surface area contributed by atoms with Crippen LogP contribution in [0.5, 0.6) is 5.75 Å². The zero-order valence-electron chi connectivity index (χ0n) is 14.3. The minimum absolute atomic E-state index is 0.741. The molecule has 0 saturated heterocycles. The third-order valence-electron chi connectivity index (χ3n) is 4.19. The van der Waals surface area contributed by atoms with E-state index in [9.17, 15) is 0 Å². The van der Waals surface area contributed by atoms with Gasteiger partial charge in [-0.05, 0) is 66.5 Å². The van der Waals surface area contributed by atoms with Crippen molar-refractivity contribution in [2.24, 2.45) is 0 Å². The van der Waals surface area contributed by atoms with Gasteiger partial charge in [-0.25, -0.2) is 0 Å². The number of benzene rings is 2. The maximum Gasteiger partial charge on any atom is 0.119 e. The lowest BCUT2D eigenvalue weighted by atomic mass is 9.92. The largest absolute Gasteiger partial charge is 0.494 e. The minimum atomic E-state index is 0.741. The molecule has 2 heteroatoms. The molecule has 0 aliphatic heterocycles. The standard InChI is InChI=1S/C21H27ClO/c1-3-17-9-8-10-18(4-2)21(17)19-11-13-20(14-12-19)23-16-7-5-6-15-22/h8-14H,3-7,15-16H2,1-2H3. The highest BCUT2D eigenvalue weighted by molar-refractivity contribution is 6.17. The molecule has 0 radical (unpaired) electrons. The van der Waals surface area contributed by atoms with Crippen LogP contribution in [-0.4, -0.2) is 12.5 Å². The molecule has 0 N–H and O–H groups in total. The van der Waals surface area contributed by atoms with E-state index in [1.165, 1.54) is 22.3 Å². The molecule has 124 valence electrons. The van der Waals surface area contributed by atoms with E-state index in [4.69, 9.17) is 16.3 Å². The van der Waals surface area contributed by atoms with Crippen molar-refractivity contribution in [2.45, 2.75) is 46.0 Å². The lowest BCUT2D eigenvalue weighted by molar-refractivity contribution is 0.306. The van der Waals surface area contributed by atoms with Gasteiger partial charge >= 0.3 is 0 Å². The highest BCUT2D eigenvalue weighted by Gasteiger charge is 2.08. The smallest absolute Gasteiger partial charge is 0.119 e. The number of halogens is 1. The van der Waals surface area contributed by atoms with Crippen molar-refractivity contribution >= 4 is 11.6 Å². The second-order valence-electron chi connectivity index (χ2n) is 5.78. The van der Waals surface area contributed by atoms with Crippen LogP contribution in [0.25, 0.3) is 11.1 Å². The first-order chi connectivity index (χ1) is 11.3. The average Bonchev–Trinajstić information content (AvgIpc) is 2.61. The fourth-order valence-electron chi connectivity index (χ4n) is 2.89. The van der Waals surface area contributed by atoms with Crippen molar-refractivity contribution in [3.8, 4) is 16.9 Å². The van der Waals surface area contributed by atoms with E-state index < -0.39 is 0 Å². The number of aryl methyl sites for hydroxylation is 2. The van der Waals surface area contributed by atoms with Gasteiger partial charge in [0.2, 0.25) is 0 Å². The number of hydrogen-bond acceptors (Lipinski definition) is 1. The molecule has 0 aliphatic carbocycles. The molecule has 2 aromatic rings. The molecule has 0 aromatic heterocycles. The molecular weight excluding hydrogens is 304 g/mol. The van der Waals surface area contributed by atoms with Crippen molar-refractivity contribution < 1.29 is 4.74 Å². The van der Waals surface area contributed by atoms with Gasteiger partial charge in [-0.1, -0.05) is 44.2 Å². The number of rotatable bonds is 9. The van der Waals surface area contributed by atoms with E-state index in [1.807, 2.05) is 0 Å². The van der Waals surface area contributed by atoms with Gasteiger partial charge in [0.25, 0.3) is 0 Å². The van der Waals surface area contributed by atoms with Crippen LogP contribution in [-0.2, 0) is 12.8 Å². The summed E-state index contributed by atoms with van der Waals surface area (Å²) in [5, 5.41) is 0. The summed E-state index contributed by atoms with van der Waals surface area (Å²) in [6, 6.07) is 15.2. The van der Waals surface area contributed by atoms with Crippen molar-refractivity contribution in [3.63, 3.8) is 0 Å². The minimum Gasteiger partial charge on any atom is -0.494 e. The van der Waals surface area contributed by atoms with Crippen molar-refractivity contribution in [3.05, 3.63) is 53.6 Å². The predicted molar refractivity (Wildman–Crippen MR) is 101 cm³/mol. The van der Waals surface area contributed by atoms with Crippen LogP contribution in [0.3, 0.4) is 0 Å². The van der Waals surface area contributed by atoms with Crippen molar-refractivity contribution in [2.75, 3.05) is 12.5 Å². The number of hydrogen-bond donors (Lipinski definition) is 0. The summed E-state index contributed by atoms with van der Waals surface area (Å²) >= 11 is 5.68. The molecule has 23 heavy (non-hydrogen) atoms. The quantitative estimate of drug-likeness (QED) is 0.389. The maximum atomic E-state index is 5.81. The lowest BCUT2D eigenvalue weighted by Crippen LogP contribution is -1.98.